The van der Waals surface area contributed by atoms with E-state index in [9.17, 15) is 9.59 Å². The van der Waals surface area contributed by atoms with Gasteiger partial charge in [0.15, 0.2) is 5.16 Å². The first-order valence-electron chi connectivity index (χ1n) is 10.7. The van der Waals surface area contributed by atoms with Gasteiger partial charge in [0.25, 0.3) is 5.56 Å². The van der Waals surface area contributed by atoms with Crippen LogP contribution in [0.15, 0.2) is 64.5 Å². The number of amides is 1. The molecule has 0 radical (unpaired) electrons. The van der Waals surface area contributed by atoms with E-state index in [0.29, 0.717) is 35.7 Å². The van der Waals surface area contributed by atoms with Gasteiger partial charge in [-0.25, -0.2) is 4.98 Å². The van der Waals surface area contributed by atoms with E-state index in [-0.39, 0.29) is 23.3 Å². The first-order chi connectivity index (χ1) is 15.2. The number of thioether (sulfide) groups is 1. The number of para-hydroxylation sites is 1. The van der Waals surface area contributed by atoms with Crippen LogP contribution in [0.4, 0.5) is 0 Å². The number of hydrogen-bond acceptors (Lipinski definition) is 5. The summed E-state index contributed by atoms with van der Waals surface area (Å²) in [7, 11) is 0. The van der Waals surface area contributed by atoms with Gasteiger partial charge in [-0.3, -0.25) is 14.2 Å². The highest BCUT2D eigenvalue weighted by Gasteiger charge is 2.21. The monoisotopic (exact) mass is 437 g/mol. The molecule has 1 fully saturated rings. The Balaban J connectivity index is 1.54. The summed E-state index contributed by atoms with van der Waals surface area (Å²) in [4.78, 5) is 32.6. The van der Waals surface area contributed by atoms with Crippen LogP contribution >= 0.6 is 11.8 Å². The van der Waals surface area contributed by atoms with E-state index in [4.69, 9.17) is 9.72 Å². The molecule has 2 heterocycles. The minimum Gasteiger partial charge on any atom is -0.376 e. The molecule has 1 atom stereocenters. The summed E-state index contributed by atoms with van der Waals surface area (Å²) in [6.07, 6.45) is 1.95. The summed E-state index contributed by atoms with van der Waals surface area (Å²) >= 11 is 1.33. The van der Waals surface area contributed by atoms with Crippen LogP contribution in [0, 0.1) is 0 Å². The van der Waals surface area contributed by atoms with Crippen molar-refractivity contribution in [3.63, 3.8) is 0 Å². The lowest BCUT2D eigenvalue weighted by molar-refractivity contribution is -0.128. The normalized spacial score (nSPS) is 16.0. The van der Waals surface area contributed by atoms with Crippen LogP contribution in [-0.2, 0) is 22.6 Å². The van der Waals surface area contributed by atoms with Crippen molar-refractivity contribution < 1.29 is 9.53 Å². The van der Waals surface area contributed by atoms with Crippen molar-refractivity contribution >= 4 is 28.6 Å². The van der Waals surface area contributed by atoms with Crippen LogP contribution < -0.4 is 5.56 Å². The number of fused-ring (bicyclic) bond motifs is 1. The molecule has 0 N–H and O–H groups in total. The van der Waals surface area contributed by atoms with Crippen molar-refractivity contribution in [3.8, 4) is 0 Å². The van der Waals surface area contributed by atoms with Crippen LogP contribution in [0.3, 0.4) is 0 Å². The Morgan fingerprint density at radius 3 is 2.71 bits per heavy atom. The van der Waals surface area contributed by atoms with Gasteiger partial charge in [-0.15, -0.1) is 0 Å². The van der Waals surface area contributed by atoms with Gasteiger partial charge < -0.3 is 9.64 Å². The van der Waals surface area contributed by atoms with Gasteiger partial charge in [-0.1, -0.05) is 54.2 Å². The second-order valence-corrected chi connectivity index (χ2v) is 8.59. The van der Waals surface area contributed by atoms with E-state index < -0.39 is 0 Å². The van der Waals surface area contributed by atoms with Crippen LogP contribution in [0.25, 0.3) is 10.9 Å². The van der Waals surface area contributed by atoms with Crippen LogP contribution in [-0.4, -0.2) is 45.4 Å². The summed E-state index contributed by atoms with van der Waals surface area (Å²) in [5.41, 5.74) is 1.68. The highest BCUT2D eigenvalue weighted by atomic mass is 32.2. The Morgan fingerprint density at radius 2 is 1.97 bits per heavy atom. The first kappa shape index (κ1) is 21.6. The van der Waals surface area contributed by atoms with Gasteiger partial charge in [0.1, 0.15) is 0 Å². The average molecular weight is 438 g/mol. The molecule has 31 heavy (non-hydrogen) atoms. The van der Waals surface area contributed by atoms with Crippen molar-refractivity contribution in [2.24, 2.45) is 0 Å². The molecule has 0 spiro atoms. The molecule has 1 unspecified atom stereocenters. The fourth-order valence-electron chi connectivity index (χ4n) is 3.81. The van der Waals surface area contributed by atoms with Crippen molar-refractivity contribution in [1.82, 2.24) is 14.5 Å². The van der Waals surface area contributed by atoms with Gasteiger partial charge in [0, 0.05) is 19.7 Å². The molecule has 4 rings (SSSR count). The quantitative estimate of drug-likeness (QED) is 0.397. The molecule has 1 amide bonds. The van der Waals surface area contributed by atoms with Gasteiger partial charge in [0.2, 0.25) is 5.91 Å². The van der Waals surface area contributed by atoms with E-state index >= 15 is 0 Å². The number of ether oxygens (including phenoxy) is 1. The molecule has 0 saturated carbocycles. The molecule has 1 aliphatic rings. The summed E-state index contributed by atoms with van der Waals surface area (Å²) in [5.74, 6) is 0.263. The minimum absolute atomic E-state index is 0.0148. The number of rotatable bonds is 8. The largest absolute Gasteiger partial charge is 0.376 e. The molecule has 6 nitrogen and oxygen atoms in total. The molecule has 3 aromatic rings. The fourth-order valence-corrected chi connectivity index (χ4v) is 4.72. The van der Waals surface area contributed by atoms with Crippen molar-refractivity contribution in [2.75, 3.05) is 18.9 Å². The summed E-state index contributed by atoms with van der Waals surface area (Å²) in [5, 5.41) is 1.17. The lowest BCUT2D eigenvalue weighted by Gasteiger charge is -2.21. The lowest BCUT2D eigenvalue weighted by Crippen LogP contribution is -2.32. The van der Waals surface area contributed by atoms with Gasteiger partial charge in [-0.05, 0) is 37.5 Å². The highest BCUT2D eigenvalue weighted by molar-refractivity contribution is 7.99. The summed E-state index contributed by atoms with van der Waals surface area (Å²) in [6.45, 7) is 4.38. The molecule has 1 aromatic heterocycles. The number of carbonyl (C=O) groups excluding carboxylic acids is 1. The van der Waals surface area contributed by atoms with Crippen molar-refractivity contribution in [3.05, 3.63) is 70.5 Å². The SMILES string of the molecule is CCN(Cc1ccccc1)C(=O)CSc1nc2ccccc2c(=O)n1CC1CCCO1. The number of hydrogen-bond donors (Lipinski definition) is 0. The fraction of sp³-hybridized carbons (Fsp3) is 0.375. The molecule has 1 aliphatic heterocycles. The Labute approximate surface area is 186 Å². The third-order valence-electron chi connectivity index (χ3n) is 5.51. The third kappa shape index (κ3) is 5.17. The Kier molecular flexibility index (Phi) is 7.04. The number of carbonyl (C=O) groups is 1. The maximum Gasteiger partial charge on any atom is 0.262 e. The van der Waals surface area contributed by atoms with E-state index in [1.807, 2.05) is 60.4 Å². The Morgan fingerprint density at radius 1 is 1.19 bits per heavy atom. The van der Waals surface area contributed by atoms with E-state index in [2.05, 4.69) is 0 Å². The van der Waals surface area contributed by atoms with Gasteiger partial charge >= 0.3 is 0 Å². The van der Waals surface area contributed by atoms with Crippen molar-refractivity contribution in [1.29, 1.82) is 0 Å². The van der Waals surface area contributed by atoms with E-state index in [0.717, 1.165) is 25.0 Å². The zero-order chi connectivity index (χ0) is 21.6. The zero-order valence-electron chi connectivity index (χ0n) is 17.7. The van der Waals surface area contributed by atoms with Crippen molar-refractivity contribution in [2.45, 2.75) is 44.1 Å². The van der Waals surface area contributed by atoms with Gasteiger partial charge in [0.05, 0.1) is 29.3 Å². The molecule has 0 bridgehead atoms. The van der Waals surface area contributed by atoms with Crippen LogP contribution in [0.1, 0.15) is 25.3 Å². The second kappa shape index (κ2) is 10.1. The topological polar surface area (TPSA) is 64.4 Å². The molecule has 0 aliphatic carbocycles. The standard InChI is InChI=1S/C24H27N3O3S/c1-2-26(15-18-9-4-3-5-10-18)22(28)17-31-24-25-21-13-7-6-12-20(21)23(29)27(24)16-19-11-8-14-30-19/h3-7,9-10,12-13,19H,2,8,11,14-17H2,1H3. The lowest BCUT2D eigenvalue weighted by atomic mass is 10.2. The van der Waals surface area contributed by atoms with Gasteiger partial charge in [-0.2, -0.15) is 0 Å². The Bertz CT molecular complexity index is 1090. The molecular weight excluding hydrogens is 410 g/mol. The highest BCUT2D eigenvalue weighted by Crippen LogP contribution is 2.21. The maximum atomic E-state index is 13.2. The molecular formula is C24H27N3O3S. The number of nitrogens with zero attached hydrogens (tertiary/aromatic N) is 3. The summed E-state index contributed by atoms with van der Waals surface area (Å²) < 4.78 is 7.44. The summed E-state index contributed by atoms with van der Waals surface area (Å²) in [6, 6.07) is 17.3. The number of aromatic nitrogens is 2. The van der Waals surface area contributed by atoms with Crippen LogP contribution in [0.2, 0.25) is 0 Å². The maximum absolute atomic E-state index is 13.2. The predicted molar refractivity (Wildman–Crippen MR) is 123 cm³/mol. The average Bonchev–Trinajstić information content (AvgIpc) is 3.32. The first-order valence-corrected chi connectivity index (χ1v) is 11.7. The number of benzene rings is 2. The molecule has 162 valence electrons. The van der Waals surface area contributed by atoms with E-state index in [1.165, 1.54) is 11.8 Å². The molecule has 1 saturated heterocycles. The van der Waals surface area contributed by atoms with Crippen LogP contribution in [0.5, 0.6) is 0 Å². The molecule has 7 heteroatoms. The predicted octanol–water partition coefficient (Wildman–Crippen LogP) is 3.72. The smallest absolute Gasteiger partial charge is 0.262 e. The van der Waals surface area contributed by atoms with E-state index in [1.54, 1.807) is 10.6 Å². The zero-order valence-corrected chi connectivity index (χ0v) is 18.5. The third-order valence-corrected chi connectivity index (χ3v) is 6.47. The second-order valence-electron chi connectivity index (χ2n) is 7.64. The molecule has 2 aromatic carbocycles. The Hall–Kier alpha value is -2.64. The minimum atomic E-state index is -0.0762.